The smallest absolute Gasteiger partial charge is 0.251 e. The topological polar surface area (TPSA) is 84.5 Å². The van der Waals surface area contributed by atoms with E-state index in [0.717, 1.165) is 17.6 Å². The average molecular weight is 362 g/mol. The van der Waals surface area contributed by atoms with Crippen molar-refractivity contribution in [3.63, 3.8) is 0 Å². The number of amides is 1. The number of nitrogens with one attached hydrogen (secondary N) is 2. The molecule has 0 aliphatic carbocycles. The molecule has 0 aliphatic heterocycles. The Hall–Kier alpha value is -2.54. The van der Waals surface area contributed by atoms with E-state index < -0.39 is 10.0 Å². The van der Waals surface area contributed by atoms with Gasteiger partial charge in [-0.1, -0.05) is 12.1 Å². The van der Waals surface area contributed by atoms with Gasteiger partial charge < -0.3 is 10.1 Å². The Balaban J connectivity index is 2.10. The monoisotopic (exact) mass is 362 g/mol. The van der Waals surface area contributed by atoms with Crippen LogP contribution in [0.1, 0.15) is 34.5 Å². The van der Waals surface area contributed by atoms with Crippen LogP contribution < -0.4 is 14.8 Å². The van der Waals surface area contributed by atoms with Crippen LogP contribution >= 0.6 is 0 Å². The van der Waals surface area contributed by atoms with Gasteiger partial charge in [0.25, 0.3) is 5.91 Å². The van der Waals surface area contributed by atoms with Crippen LogP contribution in [0, 0.1) is 6.92 Å². The van der Waals surface area contributed by atoms with E-state index >= 15 is 0 Å². The summed E-state index contributed by atoms with van der Waals surface area (Å²) in [6.45, 7) is 3.64. The Labute approximate surface area is 148 Å². The molecule has 0 aromatic heterocycles. The Morgan fingerprint density at radius 3 is 2.28 bits per heavy atom. The standard InChI is InChI=1S/C18H22N2O4S/c1-12-11-15(7-10-17(12)20-25(4,22)23)18(21)19-13(2)14-5-8-16(24-3)9-6-14/h5-11,13,20H,1-4H3,(H,19,21)/t13-/m1/s1. The maximum atomic E-state index is 12.4. The molecule has 0 heterocycles. The van der Waals surface area contributed by atoms with E-state index in [-0.39, 0.29) is 11.9 Å². The predicted molar refractivity (Wildman–Crippen MR) is 98.5 cm³/mol. The van der Waals surface area contributed by atoms with Crippen molar-refractivity contribution in [2.24, 2.45) is 0 Å². The summed E-state index contributed by atoms with van der Waals surface area (Å²) in [5.41, 5.74) is 2.57. The molecule has 0 saturated carbocycles. The van der Waals surface area contributed by atoms with Gasteiger partial charge in [-0.15, -0.1) is 0 Å². The van der Waals surface area contributed by atoms with Gasteiger partial charge in [-0.2, -0.15) is 0 Å². The van der Waals surface area contributed by atoms with Crippen molar-refractivity contribution in [3.05, 3.63) is 59.2 Å². The molecule has 0 spiro atoms. The highest BCUT2D eigenvalue weighted by molar-refractivity contribution is 7.92. The summed E-state index contributed by atoms with van der Waals surface area (Å²) in [7, 11) is -1.75. The number of anilines is 1. The van der Waals surface area contributed by atoms with Crippen molar-refractivity contribution >= 4 is 21.6 Å². The molecule has 2 aromatic carbocycles. The zero-order valence-corrected chi connectivity index (χ0v) is 15.5. The van der Waals surface area contributed by atoms with Gasteiger partial charge in [-0.05, 0) is 55.3 Å². The summed E-state index contributed by atoms with van der Waals surface area (Å²) in [5, 5.41) is 2.93. The average Bonchev–Trinajstić information content (AvgIpc) is 2.55. The quantitative estimate of drug-likeness (QED) is 0.827. The molecule has 2 rings (SSSR count). The molecule has 0 unspecified atom stereocenters. The van der Waals surface area contributed by atoms with Gasteiger partial charge in [-0.3, -0.25) is 9.52 Å². The van der Waals surface area contributed by atoms with Crippen molar-refractivity contribution in [1.29, 1.82) is 0 Å². The third-order valence-electron chi connectivity index (χ3n) is 3.75. The second-order valence-electron chi connectivity index (χ2n) is 5.87. The van der Waals surface area contributed by atoms with Crippen molar-refractivity contribution < 1.29 is 17.9 Å². The Morgan fingerprint density at radius 2 is 1.76 bits per heavy atom. The second kappa shape index (κ2) is 7.57. The number of benzene rings is 2. The fraction of sp³-hybridized carbons (Fsp3) is 0.278. The number of aryl methyl sites for hydroxylation is 1. The maximum Gasteiger partial charge on any atom is 0.251 e. The van der Waals surface area contributed by atoms with E-state index in [2.05, 4.69) is 10.0 Å². The molecule has 2 N–H and O–H groups in total. The molecular weight excluding hydrogens is 340 g/mol. The summed E-state index contributed by atoms with van der Waals surface area (Å²) >= 11 is 0. The minimum absolute atomic E-state index is 0.174. The van der Waals surface area contributed by atoms with Gasteiger partial charge in [0.2, 0.25) is 10.0 Å². The van der Waals surface area contributed by atoms with E-state index in [1.807, 2.05) is 31.2 Å². The number of hydrogen-bond acceptors (Lipinski definition) is 4. The zero-order chi connectivity index (χ0) is 18.6. The Kier molecular flexibility index (Phi) is 5.69. The third-order valence-corrected chi connectivity index (χ3v) is 4.34. The minimum atomic E-state index is -3.35. The summed E-state index contributed by atoms with van der Waals surface area (Å²) in [6, 6.07) is 12.1. The van der Waals surface area contributed by atoms with Crippen LogP contribution in [0.5, 0.6) is 5.75 Å². The number of carbonyl (C=O) groups excluding carboxylic acids is 1. The first-order valence-electron chi connectivity index (χ1n) is 7.73. The first kappa shape index (κ1) is 18.8. The molecule has 1 amide bonds. The van der Waals surface area contributed by atoms with Crippen LogP contribution in [0.25, 0.3) is 0 Å². The lowest BCUT2D eigenvalue weighted by Crippen LogP contribution is -2.26. The highest BCUT2D eigenvalue weighted by Crippen LogP contribution is 2.20. The van der Waals surface area contributed by atoms with Gasteiger partial charge >= 0.3 is 0 Å². The number of methoxy groups -OCH3 is 1. The fourth-order valence-electron chi connectivity index (χ4n) is 2.38. The van der Waals surface area contributed by atoms with Crippen molar-refractivity contribution in [2.45, 2.75) is 19.9 Å². The first-order valence-corrected chi connectivity index (χ1v) is 9.62. The molecule has 6 nitrogen and oxygen atoms in total. The maximum absolute atomic E-state index is 12.4. The lowest BCUT2D eigenvalue weighted by Gasteiger charge is -2.16. The highest BCUT2D eigenvalue weighted by atomic mass is 32.2. The van der Waals surface area contributed by atoms with Crippen molar-refractivity contribution in [3.8, 4) is 5.75 Å². The molecule has 0 saturated heterocycles. The van der Waals surface area contributed by atoms with Crippen molar-refractivity contribution in [1.82, 2.24) is 5.32 Å². The summed E-state index contributed by atoms with van der Waals surface area (Å²) in [4.78, 5) is 12.4. The SMILES string of the molecule is COc1ccc([C@@H](C)NC(=O)c2ccc(NS(C)(=O)=O)c(C)c2)cc1. The van der Waals surface area contributed by atoms with Crippen molar-refractivity contribution in [2.75, 3.05) is 18.1 Å². The molecule has 25 heavy (non-hydrogen) atoms. The van der Waals surface area contributed by atoms with Crippen LogP contribution in [0.3, 0.4) is 0 Å². The lowest BCUT2D eigenvalue weighted by atomic mass is 10.1. The molecule has 0 fully saturated rings. The van der Waals surface area contributed by atoms with Crippen LogP contribution in [0.2, 0.25) is 0 Å². The fourth-order valence-corrected chi connectivity index (χ4v) is 3.00. The van der Waals surface area contributed by atoms with Crippen LogP contribution in [-0.2, 0) is 10.0 Å². The second-order valence-corrected chi connectivity index (χ2v) is 7.62. The van der Waals surface area contributed by atoms with Gasteiger partial charge in [0.15, 0.2) is 0 Å². The summed E-state index contributed by atoms with van der Waals surface area (Å²) < 4.78 is 30.2. The summed E-state index contributed by atoms with van der Waals surface area (Å²) in [6.07, 6.45) is 1.09. The number of carbonyl (C=O) groups is 1. The highest BCUT2D eigenvalue weighted by Gasteiger charge is 2.13. The van der Waals surface area contributed by atoms with Crippen LogP contribution in [0.15, 0.2) is 42.5 Å². The molecule has 7 heteroatoms. The third kappa shape index (κ3) is 5.22. The minimum Gasteiger partial charge on any atom is -0.497 e. The van der Waals surface area contributed by atoms with Gasteiger partial charge in [-0.25, -0.2) is 8.42 Å². The van der Waals surface area contributed by atoms with E-state index in [1.165, 1.54) is 0 Å². The van der Waals surface area contributed by atoms with Crippen LogP contribution in [0.4, 0.5) is 5.69 Å². The Bertz CT molecular complexity index is 861. The largest absolute Gasteiger partial charge is 0.497 e. The zero-order valence-electron chi connectivity index (χ0n) is 14.7. The normalized spacial score (nSPS) is 12.3. The van der Waals surface area contributed by atoms with E-state index in [1.54, 1.807) is 32.2 Å². The lowest BCUT2D eigenvalue weighted by molar-refractivity contribution is 0.0940. The van der Waals surface area contributed by atoms with Crippen LogP contribution in [-0.4, -0.2) is 27.7 Å². The number of rotatable bonds is 6. The molecule has 134 valence electrons. The number of sulfonamides is 1. The predicted octanol–water partition coefficient (Wildman–Crippen LogP) is 2.87. The number of hydrogen-bond donors (Lipinski definition) is 2. The molecule has 0 aliphatic rings. The molecule has 0 bridgehead atoms. The first-order chi connectivity index (χ1) is 11.7. The van der Waals surface area contributed by atoms with Gasteiger partial charge in [0, 0.05) is 5.56 Å². The molecule has 2 aromatic rings. The van der Waals surface area contributed by atoms with E-state index in [9.17, 15) is 13.2 Å². The molecule has 1 atom stereocenters. The molecular formula is C18H22N2O4S. The van der Waals surface area contributed by atoms with Gasteiger partial charge in [0.1, 0.15) is 5.75 Å². The van der Waals surface area contributed by atoms with E-state index in [0.29, 0.717) is 16.8 Å². The van der Waals surface area contributed by atoms with E-state index in [4.69, 9.17) is 4.74 Å². The number of ether oxygens (including phenoxy) is 1. The Morgan fingerprint density at radius 1 is 1.12 bits per heavy atom. The summed E-state index contributed by atoms with van der Waals surface area (Å²) in [5.74, 6) is 0.532. The molecule has 0 radical (unpaired) electrons. The van der Waals surface area contributed by atoms with Gasteiger partial charge in [0.05, 0.1) is 25.1 Å².